The quantitative estimate of drug-likeness (QED) is 0.625. The SMILES string of the molecule is O=C(NCc1cccnc1Oc1cccc(F)c1)N1CCN(c2cccc(Cl)c2)CC1. The van der Waals surface area contributed by atoms with E-state index in [0.29, 0.717) is 35.3 Å². The number of hydrogen-bond acceptors (Lipinski definition) is 4. The van der Waals surface area contributed by atoms with Gasteiger partial charge < -0.3 is 19.9 Å². The Morgan fingerprint density at radius 2 is 1.87 bits per heavy atom. The van der Waals surface area contributed by atoms with Crippen LogP contribution in [0.2, 0.25) is 5.02 Å². The van der Waals surface area contributed by atoms with E-state index in [1.165, 1.54) is 12.1 Å². The molecule has 1 aliphatic heterocycles. The first-order valence-electron chi connectivity index (χ1n) is 9.99. The van der Waals surface area contributed by atoms with Gasteiger partial charge in [-0.2, -0.15) is 0 Å². The van der Waals surface area contributed by atoms with Gasteiger partial charge in [-0.3, -0.25) is 0 Å². The zero-order chi connectivity index (χ0) is 21.6. The number of urea groups is 1. The molecule has 0 aliphatic carbocycles. The fraction of sp³-hybridized carbons (Fsp3) is 0.217. The molecule has 6 nitrogen and oxygen atoms in total. The standard InChI is InChI=1S/C23H22ClFN4O2/c24-18-5-1-7-20(14-18)28-10-12-29(13-11-28)23(30)27-16-17-4-3-9-26-22(17)31-21-8-2-6-19(25)15-21/h1-9,14-15H,10-13,16H2,(H,27,30). The fourth-order valence-electron chi connectivity index (χ4n) is 3.42. The van der Waals surface area contributed by atoms with Gasteiger partial charge in [0.05, 0.1) is 0 Å². The fourth-order valence-corrected chi connectivity index (χ4v) is 3.60. The van der Waals surface area contributed by atoms with Crippen molar-refractivity contribution < 1.29 is 13.9 Å². The van der Waals surface area contributed by atoms with E-state index in [0.717, 1.165) is 18.8 Å². The number of nitrogens with one attached hydrogen (secondary N) is 1. The van der Waals surface area contributed by atoms with Crippen LogP contribution in [0.15, 0.2) is 66.9 Å². The van der Waals surface area contributed by atoms with Gasteiger partial charge in [-0.1, -0.05) is 29.8 Å². The van der Waals surface area contributed by atoms with Crippen LogP contribution >= 0.6 is 11.6 Å². The molecule has 8 heteroatoms. The van der Waals surface area contributed by atoms with Gasteiger partial charge in [-0.25, -0.2) is 14.2 Å². The number of carbonyl (C=O) groups excluding carboxylic acids is 1. The predicted octanol–water partition coefficient (Wildman–Crippen LogP) is 4.70. The second-order valence-corrected chi connectivity index (χ2v) is 7.58. The van der Waals surface area contributed by atoms with Crippen LogP contribution in [-0.4, -0.2) is 42.1 Å². The Hall–Kier alpha value is -3.32. The second kappa shape index (κ2) is 9.66. The number of anilines is 1. The van der Waals surface area contributed by atoms with Crippen molar-refractivity contribution >= 4 is 23.3 Å². The molecule has 1 aromatic heterocycles. The van der Waals surface area contributed by atoms with Gasteiger partial charge in [-0.05, 0) is 36.4 Å². The van der Waals surface area contributed by atoms with Crippen LogP contribution in [0.5, 0.6) is 11.6 Å². The Balaban J connectivity index is 1.32. The number of hydrogen-bond donors (Lipinski definition) is 1. The average Bonchev–Trinajstić information content (AvgIpc) is 2.78. The number of benzene rings is 2. The average molecular weight is 441 g/mol. The molecule has 0 saturated carbocycles. The number of aromatic nitrogens is 1. The molecule has 1 fully saturated rings. The Labute approximate surface area is 185 Å². The third-order valence-electron chi connectivity index (χ3n) is 5.03. The summed E-state index contributed by atoms with van der Waals surface area (Å²) in [6.45, 7) is 2.94. The molecule has 160 valence electrons. The molecule has 1 N–H and O–H groups in total. The molecule has 1 aliphatic rings. The van der Waals surface area contributed by atoms with Crippen molar-refractivity contribution in [3.8, 4) is 11.6 Å². The van der Waals surface area contributed by atoms with Crippen LogP contribution in [0.1, 0.15) is 5.56 Å². The Bertz CT molecular complexity index is 1060. The third kappa shape index (κ3) is 5.44. The molecule has 0 radical (unpaired) electrons. The zero-order valence-electron chi connectivity index (χ0n) is 16.8. The van der Waals surface area contributed by atoms with Gasteiger partial charge >= 0.3 is 6.03 Å². The molecule has 1 saturated heterocycles. The molecule has 0 spiro atoms. The summed E-state index contributed by atoms with van der Waals surface area (Å²) in [6.07, 6.45) is 1.59. The number of pyridine rings is 1. The van der Waals surface area contributed by atoms with Gasteiger partial charge in [-0.15, -0.1) is 0 Å². The minimum Gasteiger partial charge on any atom is -0.439 e. The summed E-state index contributed by atoms with van der Waals surface area (Å²) in [5.74, 6) is 0.294. The lowest BCUT2D eigenvalue weighted by atomic mass is 10.2. The highest BCUT2D eigenvalue weighted by molar-refractivity contribution is 6.30. The molecular formula is C23H22ClFN4O2. The molecule has 2 amide bonds. The lowest BCUT2D eigenvalue weighted by Crippen LogP contribution is -2.51. The predicted molar refractivity (Wildman–Crippen MR) is 118 cm³/mol. The van der Waals surface area contributed by atoms with Gasteiger partial charge in [0, 0.05) is 61.3 Å². The molecule has 0 atom stereocenters. The second-order valence-electron chi connectivity index (χ2n) is 7.14. The number of ether oxygens (including phenoxy) is 1. The lowest BCUT2D eigenvalue weighted by molar-refractivity contribution is 0.194. The van der Waals surface area contributed by atoms with Crippen molar-refractivity contribution in [2.75, 3.05) is 31.1 Å². The van der Waals surface area contributed by atoms with Crippen LogP contribution in [0.25, 0.3) is 0 Å². The number of carbonyl (C=O) groups is 1. The van der Waals surface area contributed by atoms with Crippen LogP contribution in [0.3, 0.4) is 0 Å². The molecule has 31 heavy (non-hydrogen) atoms. The summed E-state index contributed by atoms with van der Waals surface area (Å²) in [6, 6.07) is 17.0. The molecule has 4 rings (SSSR count). The molecule has 0 bridgehead atoms. The van der Waals surface area contributed by atoms with Crippen molar-refractivity contribution in [1.82, 2.24) is 15.2 Å². The number of amides is 2. The van der Waals surface area contributed by atoms with Gasteiger partial charge in [0.2, 0.25) is 5.88 Å². The minimum absolute atomic E-state index is 0.147. The van der Waals surface area contributed by atoms with Crippen LogP contribution in [0.4, 0.5) is 14.9 Å². The number of nitrogens with zero attached hydrogens (tertiary/aromatic N) is 3. The van der Waals surface area contributed by atoms with Crippen LogP contribution < -0.4 is 15.0 Å². The summed E-state index contributed by atoms with van der Waals surface area (Å²) in [7, 11) is 0. The maximum atomic E-state index is 13.4. The third-order valence-corrected chi connectivity index (χ3v) is 5.27. The smallest absolute Gasteiger partial charge is 0.317 e. The van der Waals surface area contributed by atoms with Crippen molar-refractivity contribution in [3.05, 3.63) is 83.3 Å². The van der Waals surface area contributed by atoms with Gasteiger partial charge in [0.25, 0.3) is 0 Å². The normalized spacial score (nSPS) is 13.7. The number of halogens is 2. The van der Waals surface area contributed by atoms with E-state index in [2.05, 4.69) is 15.2 Å². The van der Waals surface area contributed by atoms with Crippen molar-refractivity contribution in [1.29, 1.82) is 0 Å². The maximum absolute atomic E-state index is 13.4. The monoisotopic (exact) mass is 440 g/mol. The lowest BCUT2D eigenvalue weighted by Gasteiger charge is -2.36. The highest BCUT2D eigenvalue weighted by Gasteiger charge is 2.21. The van der Waals surface area contributed by atoms with Crippen LogP contribution in [-0.2, 0) is 6.54 Å². The van der Waals surface area contributed by atoms with Crippen molar-refractivity contribution in [2.45, 2.75) is 6.54 Å². The molecule has 2 heterocycles. The highest BCUT2D eigenvalue weighted by Crippen LogP contribution is 2.24. The minimum atomic E-state index is -0.389. The molecule has 2 aromatic carbocycles. The summed E-state index contributed by atoms with van der Waals surface area (Å²) >= 11 is 6.08. The van der Waals surface area contributed by atoms with Crippen LogP contribution in [0, 0.1) is 5.82 Å². The highest BCUT2D eigenvalue weighted by atomic mass is 35.5. The summed E-state index contributed by atoms with van der Waals surface area (Å²) < 4.78 is 19.1. The first-order valence-corrected chi connectivity index (χ1v) is 10.4. The zero-order valence-corrected chi connectivity index (χ0v) is 17.6. The maximum Gasteiger partial charge on any atom is 0.317 e. The first kappa shape index (κ1) is 20.9. The largest absolute Gasteiger partial charge is 0.439 e. The van der Waals surface area contributed by atoms with Crippen molar-refractivity contribution in [2.24, 2.45) is 0 Å². The topological polar surface area (TPSA) is 57.7 Å². The molecular weight excluding hydrogens is 419 g/mol. The van der Waals surface area contributed by atoms with E-state index < -0.39 is 0 Å². The molecule has 3 aromatic rings. The van der Waals surface area contributed by atoms with E-state index in [1.54, 1.807) is 29.3 Å². The summed E-state index contributed by atoms with van der Waals surface area (Å²) in [5.41, 5.74) is 1.76. The molecule has 0 unspecified atom stereocenters. The van der Waals surface area contributed by atoms with E-state index in [1.807, 2.05) is 30.3 Å². The Kier molecular flexibility index (Phi) is 6.52. The summed E-state index contributed by atoms with van der Waals surface area (Å²) in [4.78, 5) is 20.9. The number of piperazine rings is 1. The Morgan fingerprint density at radius 1 is 1.06 bits per heavy atom. The van der Waals surface area contributed by atoms with E-state index in [-0.39, 0.29) is 18.4 Å². The first-order chi connectivity index (χ1) is 15.1. The summed E-state index contributed by atoms with van der Waals surface area (Å²) in [5, 5.41) is 3.62. The number of rotatable bonds is 5. The van der Waals surface area contributed by atoms with E-state index in [4.69, 9.17) is 16.3 Å². The van der Waals surface area contributed by atoms with E-state index in [9.17, 15) is 9.18 Å². The van der Waals surface area contributed by atoms with E-state index >= 15 is 0 Å². The van der Waals surface area contributed by atoms with Gasteiger partial charge in [0.15, 0.2) is 0 Å². The van der Waals surface area contributed by atoms with Crippen molar-refractivity contribution in [3.63, 3.8) is 0 Å². The Morgan fingerprint density at radius 3 is 2.65 bits per heavy atom. The van der Waals surface area contributed by atoms with Gasteiger partial charge in [0.1, 0.15) is 11.6 Å².